The second kappa shape index (κ2) is 9.19. The maximum absolute atomic E-state index is 6.42. The SMILES string of the molecule is CC(C)OCC1(CN2CC3CC2C(CC(C)OCC2(CN4CCOCC4)CC2)O3)CC1. The minimum absolute atomic E-state index is 0.271. The molecule has 2 saturated carbocycles. The first kappa shape index (κ1) is 22.5. The Morgan fingerprint density at radius 3 is 2.26 bits per heavy atom. The molecule has 5 aliphatic rings. The molecule has 6 heteroatoms. The number of ether oxygens (including phenoxy) is 4. The standard InChI is InChI=1S/C25H44N2O4/c1-19(2)29-17-25(6-7-25)16-27-14-21-13-22(27)23(31-21)12-20(3)30-18-24(4-5-24)15-26-8-10-28-11-9-26/h19-23H,4-18H2,1-3H3. The van der Waals surface area contributed by atoms with Crippen molar-refractivity contribution >= 4 is 0 Å². The highest BCUT2D eigenvalue weighted by Crippen LogP contribution is 2.49. The van der Waals surface area contributed by atoms with E-state index in [9.17, 15) is 0 Å². The molecule has 4 atom stereocenters. The first-order chi connectivity index (χ1) is 14.9. The second-order valence-electron chi connectivity index (χ2n) is 11.6. The number of likely N-dealkylation sites (tertiary alicyclic amines) is 1. The summed E-state index contributed by atoms with van der Waals surface area (Å²) in [6.07, 6.45) is 8.89. The van der Waals surface area contributed by atoms with Crippen LogP contribution in [0.25, 0.3) is 0 Å². The van der Waals surface area contributed by atoms with Crippen LogP contribution in [0.4, 0.5) is 0 Å². The predicted octanol–water partition coefficient (Wildman–Crippen LogP) is 2.94. The molecule has 31 heavy (non-hydrogen) atoms. The van der Waals surface area contributed by atoms with E-state index >= 15 is 0 Å². The molecule has 3 heterocycles. The summed E-state index contributed by atoms with van der Waals surface area (Å²) in [5, 5.41) is 0. The van der Waals surface area contributed by atoms with Crippen LogP contribution in [0.15, 0.2) is 0 Å². The zero-order chi connectivity index (χ0) is 21.5. The molecule has 0 N–H and O–H groups in total. The predicted molar refractivity (Wildman–Crippen MR) is 120 cm³/mol. The van der Waals surface area contributed by atoms with Gasteiger partial charge in [0.25, 0.3) is 0 Å². The quantitative estimate of drug-likeness (QED) is 0.469. The average molecular weight is 437 g/mol. The van der Waals surface area contributed by atoms with E-state index in [0.29, 0.717) is 35.2 Å². The van der Waals surface area contributed by atoms with Crippen molar-refractivity contribution in [3.05, 3.63) is 0 Å². The summed E-state index contributed by atoms with van der Waals surface area (Å²) in [6.45, 7) is 15.8. The van der Waals surface area contributed by atoms with E-state index in [1.807, 2.05) is 0 Å². The first-order valence-corrected chi connectivity index (χ1v) is 12.9. The molecule has 0 spiro atoms. The Labute approximate surface area is 188 Å². The molecule has 0 amide bonds. The molecular formula is C25H44N2O4. The van der Waals surface area contributed by atoms with Crippen molar-refractivity contribution in [1.29, 1.82) is 0 Å². The van der Waals surface area contributed by atoms with Gasteiger partial charge in [-0.2, -0.15) is 0 Å². The lowest BCUT2D eigenvalue weighted by Gasteiger charge is -2.37. The van der Waals surface area contributed by atoms with Gasteiger partial charge >= 0.3 is 0 Å². The monoisotopic (exact) mass is 436 g/mol. The van der Waals surface area contributed by atoms with Gasteiger partial charge in [0.1, 0.15) is 0 Å². The van der Waals surface area contributed by atoms with Crippen molar-refractivity contribution in [2.75, 3.05) is 59.2 Å². The van der Waals surface area contributed by atoms with Crippen molar-refractivity contribution in [1.82, 2.24) is 9.80 Å². The fraction of sp³-hybridized carbons (Fsp3) is 1.00. The third-order valence-corrected chi connectivity index (χ3v) is 8.28. The Morgan fingerprint density at radius 1 is 0.935 bits per heavy atom. The lowest BCUT2D eigenvalue weighted by atomic mass is 10.0. The average Bonchev–Trinajstić information content (AvgIpc) is 3.62. The van der Waals surface area contributed by atoms with Gasteiger partial charge in [-0.15, -0.1) is 0 Å². The van der Waals surface area contributed by atoms with E-state index in [-0.39, 0.29) is 6.10 Å². The van der Waals surface area contributed by atoms with Gasteiger partial charge in [0.15, 0.2) is 0 Å². The molecule has 4 unspecified atom stereocenters. The molecule has 0 aromatic rings. The van der Waals surface area contributed by atoms with E-state index in [2.05, 4.69) is 30.6 Å². The zero-order valence-corrected chi connectivity index (χ0v) is 20.0. The van der Waals surface area contributed by atoms with Gasteiger partial charge in [0.2, 0.25) is 0 Å². The van der Waals surface area contributed by atoms with Gasteiger partial charge in [0, 0.05) is 56.0 Å². The second-order valence-corrected chi connectivity index (χ2v) is 11.6. The number of fused-ring (bicyclic) bond motifs is 2. The van der Waals surface area contributed by atoms with Gasteiger partial charge in [-0.1, -0.05) is 0 Å². The van der Waals surface area contributed by atoms with Crippen LogP contribution in [-0.2, 0) is 18.9 Å². The van der Waals surface area contributed by atoms with Gasteiger partial charge in [-0.05, 0) is 52.9 Å². The Morgan fingerprint density at radius 2 is 1.61 bits per heavy atom. The molecule has 3 aliphatic heterocycles. The zero-order valence-electron chi connectivity index (χ0n) is 20.0. The molecule has 3 saturated heterocycles. The van der Waals surface area contributed by atoms with Crippen LogP contribution in [0.3, 0.4) is 0 Å². The highest BCUT2D eigenvalue weighted by atomic mass is 16.5. The first-order valence-electron chi connectivity index (χ1n) is 12.9. The van der Waals surface area contributed by atoms with Crippen molar-refractivity contribution in [3.63, 3.8) is 0 Å². The Balaban J connectivity index is 1.06. The summed E-state index contributed by atoms with van der Waals surface area (Å²) in [6, 6.07) is 0.579. The van der Waals surface area contributed by atoms with Crippen molar-refractivity contribution in [2.24, 2.45) is 10.8 Å². The van der Waals surface area contributed by atoms with E-state index in [4.69, 9.17) is 18.9 Å². The highest BCUT2D eigenvalue weighted by Gasteiger charge is 2.52. The summed E-state index contributed by atoms with van der Waals surface area (Å²) in [7, 11) is 0. The third kappa shape index (κ3) is 5.64. The van der Waals surface area contributed by atoms with E-state index in [1.54, 1.807) is 0 Å². The summed E-state index contributed by atoms with van der Waals surface area (Å²) in [4.78, 5) is 5.29. The maximum Gasteiger partial charge on any atom is 0.0760 e. The lowest BCUT2D eigenvalue weighted by Crippen LogP contribution is -2.47. The fourth-order valence-corrected chi connectivity index (χ4v) is 5.88. The minimum atomic E-state index is 0.271. The lowest BCUT2D eigenvalue weighted by molar-refractivity contribution is -0.0761. The highest BCUT2D eigenvalue weighted by molar-refractivity contribution is 5.04. The molecule has 0 aromatic carbocycles. The minimum Gasteiger partial charge on any atom is -0.379 e. The van der Waals surface area contributed by atoms with Crippen LogP contribution in [0.1, 0.15) is 59.3 Å². The Hall–Kier alpha value is -0.240. The summed E-state index contributed by atoms with van der Waals surface area (Å²) in [5.41, 5.74) is 0.821. The molecule has 5 rings (SSSR count). The van der Waals surface area contributed by atoms with Gasteiger partial charge in [0.05, 0.1) is 50.8 Å². The van der Waals surface area contributed by atoms with Crippen molar-refractivity contribution in [2.45, 2.75) is 89.8 Å². The largest absolute Gasteiger partial charge is 0.379 e. The van der Waals surface area contributed by atoms with Crippen LogP contribution < -0.4 is 0 Å². The number of hydrogen-bond donors (Lipinski definition) is 0. The van der Waals surface area contributed by atoms with Crippen LogP contribution in [0.5, 0.6) is 0 Å². The van der Waals surface area contributed by atoms with Gasteiger partial charge in [-0.25, -0.2) is 0 Å². The van der Waals surface area contributed by atoms with Crippen LogP contribution >= 0.6 is 0 Å². The summed E-state index contributed by atoms with van der Waals surface area (Å²) < 4.78 is 24.3. The topological polar surface area (TPSA) is 43.4 Å². The van der Waals surface area contributed by atoms with Crippen LogP contribution in [0.2, 0.25) is 0 Å². The summed E-state index contributed by atoms with van der Waals surface area (Å²) in [5.74, 6) is 0. The van der Waals surface area contributed by atoms with Gasteiger partial charge in [-0.3, -0.25) is 9.80 Å². The number of morpholine rings is 2. The number of nitrogens with zero attached hydrogens (tertiary/aromatic N) is 2. The maximum atomic E-state index is 6.42. The molecular weight excluding hydrogens is 392 g/mol. The van der Waals surface area contributed by atoms with Crippen LogP contribution in [0, 0.1) is 10.8 Å². The molecule has 0 radical (unpaired) electrons. The fourth-order valence-electron chi connectivity index (χ4n) is 5.88. The Bertz CT molecular complexity index is 600. The molecule has 0 aromatic heterocycles. The number of hydrogen-bond acceptors (Lipinski definition) is 6. The molecule has 6 nitrogen and oxygen atoms in total. The van der Waals surface area contributed by atoms with Crippen molar-refractivity contribution < 1.29 is 18.9 Å². The van der Waals surface area contributed by atoms with Gasteiger partial charge < -0.3 is 18.9 Å². The van der Waals surface area contributed by atoms with Crippen molar-refractivity contribution in [3.8, 4) is 0 Å². The summed E-state index contributed by atoms with van der Waals surface area (Å²) >= 11 is 0. The van der Waals surface area contributed by atoms with E-state index in [0.717, 1.165) is 52.5 Å². The van der Waals surface area contributed by atoms with E-state index < -0.39 is 0 Å². The smallest absolute Gasteiger partial charge is 0.0760 e. The van der Waals surface area contributed by atoms with Crippen LogP contribution in [-0.4, -0.2) is 99.4 Å². The number of rotatable bonds is 12. The Kier molecular flexibility index (Phi) is 6.68. The normalized spacial score (nSPS) is 35.0. The van der Waals surface area contributed by atoms with E-state index in [1.165, 1.54) is 45.2 Å². The molecule has 5 fully saturated rings. The molecule has 2 aliphatic carbocycles. The molecule has 2 bridgehead atoms. The molecule has 178 valence electrons. The third-order valence-electron chi connectivity index (χ3n) is 8.28.